The van der Waals surface area contributed by atoms with E-state index in [1.807, 2.05) is 7.05 Å². The number of carbonyl (C=O) groups is 1. The van der Waals surface area contributed by atoms with E-state index in [2.05, 4.69) is 20.6 Å². The van der Waals surface area contributed by atoms with Crippen LogP contribution in [-0.2, 0) is 18.3 Å². The first-order chi connectivity index (χ1) is 10.2. The van der Waals surface area contributed by atoms with Crippen molar-refractivity contribution in [2.24, 2.45) is 7.05 Å². The largest absolute Gasteiger partial charge is 0.378 e. The number of carbonyl (C=O) groups excluding carboxylic acids is 1. The van der Waals surface area contributed by atoms with Crippen molar-refractivity contribution >= 4 is 6.03 Å². The first kappa shape index (κ1) is 13.6. The maximum absolute atomic E-state index is 11.9. The summed E-state index contributed by atoms with van der Waals surface area (Å²) in [5.74, 6) is 0.814. The van der Waals surface area contributed by atoms with Crippen LogP contribution in [0.4, 0.5) is 4.79 Å². The van der Waals surface area contributed by atoms with Crippen LogP contribution in [0.1, 0.15) is 5.89 Å². The molecule has 0 spiro atoms. The average Bonchev–Trinajstić information content (AvgIpc) is 3.14. The van der Waals surface area contributed by atoms with Gasteiger partial charge in [0.2, 0.25) is 11.7 Å². The van der Waals surface area contributed by atoms with Crippen molar-refractivity contribution in [2.45, 2.75) is 6.54 Å². The summed E-state index contributed by atoms with van der Waals surface area (Å²) in [5, 5.41) is 10.7. The first-order valence-electron chi connectivity index (χ1n) is 6.64. The molecule has 2 aromatic heterocycles. The number of aromatic nitrogens is 4. The predicted octanol–water partition coefficient (Wildman–Crippen LogP) is 0.0119. The zero-order valence-electron chi connectivity index (χ0n) is 11.7. The Bertz CT molecular complexity index is 616. The van der Waals surface area contributed by atoms with E-state index in [0.29, 0.717) is 38.0 Å². The summed E-state index contributed by atoms with van der Waals surface area (Å²) < 4.78 is 12.0. The molecule has 0 aliphatic carbocycles. The van der Waals surface area contributed by atoms with Gasteiger partial charge >= 0.3 is 6.03 Å². The second-order valence-corrected chi connectivity index (χ2v) is 4.67. The molecular formula is C12H16N6O3. The highest BCUT2D eigenvalue weighted by Crippen LogP contribution is 2.13. The Morgan fingerprint density at radius 3 is 2.95 bits per heavy atom. The molecule has 1 N–H and O–H groups in total. The zero-order chi connectivity index (χ0) is 14.7. The summed E-state index contributed by atoms with van der Waals surface area (Å²) in [6.07, 6.45) is 3.45. The average molecular weight is 292 g/mol. The molecule has 0 atom stereocenters. The smallest absolute Gasteiger partial charge is 0.317 e. The van der Waals surface area contributed by atoms with Crippen LogP contribution >= 0.6 is 0 Å². The van der Waals surface area contributed by atoms with Crippen molar-refractivity contribution < 1.29 is 14.1 Å². The fourth-order valence-corrected chi connectivity index (χ4v) is 2.01. The van der Waals surface area contributed by atoms with E-state index in [9.17, 15) is 4.79 Å². The van der Waals surface area contributed by atoms with Crippen molar-refractivity contribution in [3.05, 3.63) is 18.3 Å². The number of rotatable bonds is 3. The van der Waals surface area contributed by atoms with Gasteiger partial charge in [-0.15, -0.1) is 0 Å². The molecule has 1 fully saturated rings. The highest BCUT2D eigenvalue weighted by atomic mass is 16.5. The van der Waals surface area contributed by atoms with Gasteiger partial charge in [-0.05, 0) is 0 Å². The molecular weight excluding hydrogens is 276 g/mol. The van der Waals surface area contributed by atoms with E-state index in [1.165, 1.54) is 0 Å². The number of aryl methyl sites for hydroxylation is 1. The summed E-state index contributed by atoms with van der Waals surface area (Å²) in [6, 6.07) is -0.153. The molecule has 2 aromatic rings. The molecule has 21 heavy (non-hydrogen) atoms. The summed E-state index contributed by atoms with van der Waals surface area (Å²) in [4.78, 5) is 17.8. The fourth-order valence-electron chi connectivity index (χ4n) is 2.01. The molecule has 9 heteroatoms. The Morgan fingerprint density at radius 2 is 2.24 bits per heavy atom. The molecule has 0 unspecified atom stereocenters. The van der Waals surface area contributed by atoms with Gasteiger partial charge in [0, 0.05) is 26.3 Å². The number of nitrogens with zero attached hydrogens (tertiary/aromatic N) is 5. The predicted molar refractivity (Wildman–Crippen MR) is 71.1 cm³/mol. The fraction of sp³-hybridized carbons (Fsp3) is 0.500. The lowest BCUT2D eigenvalue weighted by Crippen LogP contribution is -2.45. The Hall–Kier alpha value is -2.42. The van der Waals surface area contributed by atoms with E-state index in [-0.39, 0.29) is 12.6 Å². The summed E-state index contributed by atoms with van der Waals surface area (Å²) >= 11 is 0. The van der Waals surface area contributed by atoms with Gasteiger partial charge < -0.3 is 19.5 Å². The normalized spacial score (nSPS) is 15.2. The lowest BCUT2D eigenvalue weighted by molar-refractivity contribution is 0.0529. The third-order valence-corrected chi connectivity index (χ3v) is 3.12. The number of hydrogen-bond donors (Lipinski definition) is 1. The van der Waals surface area contributed by atoms with Gasteiger partial charge in [-0.1, -0.05) is 5.16 Å². The van der Waals surface area contributed by atoms with E-state index in [1.54, 1.807) is 22.0 Å². The molecule has 9 nitrogen and oxygen atoms in total. The second-order valence-electron chi connectivity index (χ2n) is 4.67. The molecule has 2 amide bonds. The topological polar surface area (TPSA) is 98.3 Å². The van der Waals surface area contributed by atoms with Crippen LogP contribution < -0.4 is 5.32 Å². The van der Waals surface area contributed by atoms with Gasteiger partial charge in [0.15, 0.2) is 0 Å². The van der Waals surface area contributed by atoms with Gasteiger partial charge in [0.05, 0.1) is 31.5 Å². The van der Waals surface area contributed by atoms with Crippen molar-refractivity contribution in [2.75, 3.05) is 26.3 Å². The van der Waals surface area contributed by atoms with E-state index < -0.39 is 0 Å². The summed E-state index contributed by atoms with van der Waals surface area (Å²) in [7, 11) is 1.81. The molecule has 0 bridgehead atoms. The van der Waals surface area contributed by atoms with Crippen molar-refractivity contribution in [1.29, 1.82) is 0 Å². The molecule has 1 aliphatic rings. The first-order valence-corrected chi connectivity index (χ1v) is 6.64. The van der Waals surface area contributed by atoms with Gasteiger partial charge in [-0.2, -0.15) is 10.1 Å². The van der Waals surface area contributed by atoms with Crippen LogP contribution in [-0.4, -0.2) is 57.2 Å². The third-order valence-electron chi connectivity index (χ3n) is 3.12. The van der Waals surface area contributed by atoms with Crippen molar-refractivity contribution in [3.63, 3.8) is 0 Å². The van der Waals surface area contributed by atoms with E-state index in [4.69, 9.17) is 9.26 Å². The quantitative estimate of drug-likeness (QED) is 0.856. The maximum Gasteiger partial charge on any atom is 0.317 e. The highest BCUT2D eigenvalue weighted by molar-refractivity contribution is 5.74. The maximum atomic E-state index is 11.9. The number of nitrogens with one attached hydrogen (secondary N) is 1. The molecule has 3 heterocycles. The SMILES string of the molecule is Cn1cc(-c2noc(CNC(=O)N3CCOCC3)n2)cn1. The molecule has 0 radical (unpaired) electrons. The lowest BCUT2D eigenvalue weighted by atomic mass is 10.3. The zero-order valence-corrected chi connectivity index (χ0v) is 11.7. The minimum absolute atomic E-state index is 0.153. The Labute approximate surface area is 120 Å². The van der Waals surface area contributed by atoms with Gasteiger partial charge in [-0.25, -0.2) is 4.79 Å². The van der Waals surface area contributed by atoms with E-state index >= 15 is 0 Å². The summed E-state index contributed by atoms with van der Waals surface area (Å²) in [6.45, 7) is 2.52. The van der Waals surface area contributed by atoms with Gasteiger partial charge in [-0.3, -0.25) is 4.68 Å². The molecule has 0 aromatic carbocycles. The van der Waals surface area contributed by atoms with Crippen LogP contribution in [0.5, 0.6) is 0 Å². The van der Waals surface area contributed by atoms with Crippen LogP contribution in [0.3, 0.4) is 0 Å². The van der Waals surface area contributed by atoms with Crippen molar-refractivity contribution in [1.82, 2.24) is 30.1 Å². The Morgan fingerprint density at radius 1 is 1.43 bits per heavy atom. The highest BCUT2D eigenvalue weighted by Gasteiger charge is 2.17. The molecule has 112 valence electrons. The standard InChI is InChI=1S/C12H16N6O3/c1-17-8-9(6-14-17)11-15-10(21-16-11)7-13-12(19)18-2-4-20-5-3-18/h6,8H,2-5,7H2,1H3,(H,13,19). The molecule has 3 rings (SSSR count). The molecule has 1 saturated heterocycles. The minimum atomic E-state index is -0.153. The lowest BCUT2D eigenvalue weighted by Gasteiger charge is -2.26. The third kappa shape index (κ3) is 3.19. The Kier molecular flexibility index (Phi) is 3.82. The van der Waals surface area contributed by atoms with Crippen LogP contribution in [0.15, 0.2) is 16.9 Å². The molecule has 1 aliphatic heterocycles. The Balaban J connectivity index is 1.56. The van der Waals surface area contributed by atoms with Crippen LogP contribution in [0.2, 0.25) is 0 Å². The number of urea groups is 1. The minimum Gasteiger partial charge on any atom is -0.378 e. The number of ether oxygens (including phenoxy) is 1. The van der Waals surface area contributed by atoms with E-state index in [0.717, 1.165) is 5.56 Å². The second kappa shape index (κ2) is 5.92. The van der Waals surface area contributed by atoms with Crippen LogP contribution in [0, 0.1) is 0 Å². The van der Waals surface area contributed by atoms with Crippen LogP contribution in [0.25, 0.3) is 11.4 Å². The summed E-state index contributed by atoms with van der Waals surface area (Å²) in [5.41, 5.74) is 0.770. The van der Waals surface area contributed by atoms with Gasteiger partial charge in [0.25, 0.3) is 0 Å². The number of amides is 2. The molecule has 0 saturated carbocycles. The van der Waals surface area contributed by atoms with Gasteiger partial charge in [0.1, 0.15) is 0 Å². The van der Waals surface area contributed by atoms with Crippen molar-refractivity contribution in [3.8, 4) is 11.4 Å². The monoisotopic (exact) mass is 292 g/mol. The number of morpholine rings is 1. The number of hydrogen-bond acceptors (Lipinski definition) is 6.